The number of nitrogens with zero attached hydrogens (tertiary/aromatic N) is 1. The number of benzene rings is 1. The molecule has 0 radical (unpaired) electrons. The quantitative estimate of drug-likeness (QED) is 0.833. The molecule has 1 unspecified atom stereocenters. The highest BCUT2D eigenvalue weighted by atomic mass is 32.1. The lowest BCUT2D eigenvalue weighted by Gasteiger charge is -2.07. The van der Waals surface area contributed by atoms with Crippen molar-refractivity contribution < 1.29 is 13.9 Å². The molecule has 1 heterocycles. The Morgan fingerprint density at radius 1 is 1.52 bits per heavy atom. The molecule has 0 bridgehead atoms. The Labute approximate surface area is 138 Å². The highest BCUT2D eigenvalue weighted by Crippen LogP contribution is 2.33. The van der Waals surface area contributed by atoms with Gasteiger partial charge in [0.25, 0.3) is 0 Å². The van der Waals surface area contributed by atoms with E-state index in [1.165, 1.54) is 30.6 Å². The van der Waals surface area contributed by atoms with Gasteiger partial charge in [0.2, 0.25) is 5.91 Å². The first-order valence-corrected chi connectivity index (χ1v) is 8.29. The van der Waals surface area contributed by atoms with Gasteiger partial charge in [-0.05, 0) is 37.0 Å². The fourth-order valence-corrected chi connectivity index (χ4v) is 3.34. The molecule has 6 heteroatoms. The van der Waals surface area contributed by atoms with E-state index in [0.717, 1.165) is 12.8 Å². The van der Waals surface area contributed by atoms with E-state index < -0.39 is 0 Å². The zero-order valence-electron chi connectivity index (χ0n) is 12.7. The summed E-state index contributed by atoms with van der Waals surface area (Å²) in [6.45, 7) is 0. The third-order valence-corrected chi connectivity index (χ3v) is 4.51. The number of carbonyl (C=O) groups is 1. The standard InChI is InChI=1S/C17H17FN2O2S/c1-22-15-7-6-12(18)9-13(15)14-10-23-17(19-14)20-16(21)8-11-4-2-3-5-11/h2,4,6-7,9-11H,3,5,8H2,1H3,(H,19,20,21). The fraction of sp³-hybridized carbons (Fsp3) is 0.294. The molecular formula is C17H17FN2O2S. The molecule has 3 rings (SSSR count). The summed E-state index contributed by atoms with van der Waals surface area (Å²) < 4.78 is 18.7. The number of hydrogen-bond acceptors (Lipinski definition) is 4. The van der Waals surface area contributed by atoms with E-state index in [4.69, 9.17) is 4.74 Å². The number of anilines is 1. The largest absolute Gasteiger partial charge is 0.496 e. The van der Waals surface area contributed by atoms with E-state index in [1.807, 2.05) is 0 Å². The number of rotatable bonds is 5. The average molecular weight is 332 g/mol. The van der Waals surface area contributed by atoms with Crippen molar-refractivity contribution in [2.45, 2.75) is 19.3 Å². The number of aromatic nitrogens is 1. The minimum Gasteiger partial charge on any atom is -0.496 e. The first-order chi connectivity index (χ1) is 11.2. The van der Waals surface area contributed by atoms with Crippen LogP contribution in [0.5, 0.6) is 5.75 Å². The molecular weight excluding hydrogens is 315 g/mol. The normalized spacial score (nSPS) is 16.5. The van der Waals surface area contributed by atoms with E-state index in [9.17, 15) is 9.18 Å². The summed E-state index contributed by atoms with van der Waals surface area (Å²) >= 11 is 1.32. The third kappa shape index (κ3) is 3.76. The number of ether oxygens (including phenoxy) is 1. The number of thiazole rings is 1. The van der Waals surface area contributed by atoms with Gasteiger partial charge in [-0.2, -0.15) is 0 Å². The Morgan fingerprint density at radius 3 is 3.13 bits per heavy atom. The lowest BCUT2D eigenvalue weighted by atomic mass is 10.1. The Hall–Kier alpha value is -2.21. The van der Waals surface area contributed by atoms with Crippen LogP contribution in [-0.4, -0.2) is 18.0 Å². The molecule has 1 N–H and O–H groups in total. The topological polar surface area (TPSA) is 51.2 Å². The Balaban J connectivity index is 1.71. The van der Waals surface area contributed by atoms with Crippen LogP contribution in [-0.2, 0) is 4.79 Å². The third-order valence-electron chi connectivity index (χ3n) is 3.75. The van der Waals surface area contributed by atoms with Crippen molar-refractivity contribution >= 4 is 22.4 Å². The summed E-state index contributed by atoms with van der Waals surface area (Å²) in [4.78, 5) is 16.4. The molecule has 0 fully saturated rings. The van der Waals surface area contributed by atoms with E-state index >= 15 is 0 Å². The summed E-state index contributed by atoms with van der Waals surface area (Å²) in [5, 5.41) is 5.10. The predicted octanol–water partition coefficient (Wildman–Crippen LogP) is 4.25. The molecule has 1 atom stereocenters. The summed E-state index contributed by atoms with van der Waals surface area (Å²) in [5.41, 5.74) is 1.16. The maximum absolute atomic E-state index is 13.5. The smallest absolute Gasteiger partial charge is 0.226 e. The second kappa shape index (κ2) is 6.91. The van der Waals surface area contributed by atoms with Gasteiger partial charge >= 0.3 is 0 Å². The van der Waals surface area contributed by atoms with Gasteiger partial charge in [0.15, 0.2) is 5.13 Å². The van der Waals surface area contributed by atoms with Gasteiger partial charge < -0.3 is 10.1 Å². The number of carbonyl (C=O) groups excluding carboxylic acids is 1. The van der Waals surface area contributed by atoms with E-state index in [1.54, 1.807) is 11.4 Å². The zero-order valence-corrected chi connectivity index (χ0v) is 13.5. The van der Waals surface area contributed by atoms with Gasteiger partial charge in [-0.3, -0.25) is 4.79 Å². The van der Waals surface area contributed by atoms with Crippen LogP contribution in [0.25, 0.3) is 11.3 Å². The zero-order chi connectivity index (χ0) is 16.2. The molecule has 1 aliphatic rings. The van der Waals surface area contributed by atoms with Crippen LogP contribution in [0, 0.1) is 11.7 Å². The van der Waals surface area contributed by atoms with Gasteiger partial charge in [-0.1, -0.05) is 12.2 Å². The van der Waals surface area contributed by atoms with Crippen molar-refractivity contribution in [3.05, 3.63) is 41.5 Å². The summed E-state index contributed by atoms with van der Waals surface area (Å²) in [7, 11) is 1.53. The highest BCUT2D eigenvalue weighted by molar-refractivity contribution is 7.14. The van der Waals surface area contributed by atoms with E-state index in [-0.39, 0.29) is 11.7 Å². The number of hydrogen-bond donors (Lipinski definition) is 1. The molecule has 1 aromatic heterocycles. The monoisotopic (exact) mass is 332 g/mol. The molecule has 0 aliphatic heterocycles. The molecule has 2 aromatic rings. The average Bonchev–Trinajstić information content (AvgIpc) is 3.19. The maximum atomic E-state index is 13.5. The van der Waals surface area contributed by atoms with Gasteiger partial charge in [0.1, 0.15) is 11.6 Å². The van der Waals surface area contributed by atoms with Crippen LogP contribution >= 0.6 is 11.3 Å². The molecule has 0 saturated carbocycles. The van der Waals surface area contributed by atoms with Crippen LogP contribution in [0.2, 0.25) is 0 Å². The van der Waals surface area contributed by atoms with Crippen molar-refractivity contribution in [1.29, 1.82) is 0 Å². The van der Waals surface area contributed by atoms with E-state index in [2.05, 4.69) is 22.5 Å². The van der Waals surface area contributed by atoms with E-state index in [0.29, 0.717) is 34.5 Å². The Morgan fingerprint density at radius 2 is 2.39 bits per heavy atom. The Bertz CT molecular complexity index is 742. The summed E-state index contributed by atoms with van der Waals surface area (Å²) in [5.74, 6) is 0.462. The molecule has 1 aromatic carbocycles. The molecule has 4 nitrogen and oxygen atoms in total. The second-order valence-corrected chi connectivity index (χ2v) is 6.26. The first-order valence-electron chi connectivity index (χ1n) is 7.41. The molecule has 1 amide bonds. The number of nitrogens with one attached hydrogen (secondary N) is 1. The number of amides is 1. The number of methoxy groups -OCH3 is 1. The molecule has 0 spiro atoms. The van der Waals surface area contributed by atoms with Crippen molar-refractivity contribution in [3.8, 4) is 17.0 Å². The van der Waals surface area contributed by atoms with Crippen molar-refractivity contribution in [2.24, 2.45) is 5.92 Å². The van der Waals surface area contributed by atoms with Crippen LogP contribution in [0.15, 0.2) is 35.7 Å². The molecule has 0 saturated heterocycles. The van der Waals surface area contributed by atoms with Crippen LogP contribution in [0.1, 0.15) is 19.3 Å². The number of halogens is 1. The van der Waals surface area contributed by atoms with Crippen molar-refractivity contribution in [3.63, 3.8) is 0 Å². The van der Waals surface area contributed by atoms with Crippen molar-refractivity contribution in [2.75, 3.05) is 12.4 Å². The first kappa shape index (κ1) is 15.7. The lowest BCUT2D eigenvalue weighted by molar-refractivity contribution is -0.116. The van der Waals surface area contributed by atoms with Crippen LogP contribution in [0.4, 0.5) is 9.52 Å². The van der Waals surface area contributed by atoms with Gasteiger partial charge in [-0.15, -0.1) is 11.3 Å². The fourth-order valence-electron chi connectivity index (χ4n) is 2.61. The van der Waals surface area contributed by atoms with Gasteiger partial charge in [0.05, 0.1) is 12.8 Å². The minimum atomic E-state index is -0.354. The molecule has 1 aliphatic carbocycles. The summed E-state index contributed by atoms with van der Waals surface area (Å²) in [6, 6.07) is 4.28. The molecule has 120 valence electrons. The van der Waals surface area contributed by atoms with Crippen LogP contribution < -0.4 is 10.1 Å². The second-order valence-electron chi connectivity index (χ2n) is 5.40. The number of allylic oxidation sites excluding steroid dienone is 2. The molecule has 23 heavy (non-hydrogen) atoms. The minimum absolute atomic E-state index is 0.0475. The van der Waals surface area contributed by atoms with Gasteiger partial charge in [0, 0.05) is 17.4 Å². The van der Waals surface area contributed by atoms with Gasteiger partial charge in [-0.25, -0.2) is 9.37 Å². The van der Waals surface area contributed by atoms with Crippen LogP contribution in [0.3, 0.4) is 0 Å². The SMILES string of the molecule is COc1ccc(F)cc1-c1csc(NC(=O)CC2C=CCC2)n1. The highest BCUT2D eigenvalue weighted by Gasteiger charge is 2.16. The Kier molecular flexibility index (Phi) is 4.71. The summed E-state index contributed by atoms with van der Waals surface area (Å²) in [6.07, 6.45) is 6.73. The predicted molar refractivity (Wildman–Crippen MR) is 89.2 cm³/mol. The van der Waals surface area contributed by atoms with Crippen molar-refractivity contribution in [1.82, 2.24) is 4.98 Å². The lowest BCUT2D eigenvalue weighted by Crippen LogP contribution is -2.14. The maximum Gasteiger partial charge on any atom is 0.226 e.